The van der Waals surface area contributed by atoms with E-state index in [1.165, 1.54) is 30.6 Å². The molecule has 0 fully saturated rings. The Balaban J connectivity index is 1.72. The SMILES string of the molecule is CC(C)Oc1cncc(S(=O)(=O)Oc2ccc(Oc3cccnc3)cc2)c1. The van der Waals surface area contributed by atoms with Gasteiger partial charge in [-0.25, -0.2) is 0 Å². The summed E-state index contributed by atoms with van der Waals surface area (Å²) in [5, 5.41) is 0. The van der Waals surface area contributed by atoms with E-state index in [-0.39, 0.29) is 16.7 Å². The Morgan fingerprint density at radius 2 is 1.56 bits per heavy atom. The predicted octanol–water partition coefficient (Wildman–Crippen LogP) is 3.82. The Morgan fingerprint density at radius 1 is 0.852 bits per heavy atom. The van der Waals surface area contributed by atoms with E-state index < -0.39 is 10.1 Å². The van der Waals surface area contributed by atoms with E-state index in [1.807, 2.05) is 13.8 Å². The number of nitrogens with zero attached hydrogens (tertiary/aromatic N) is 2. The van der Waals surface area contributed by atoms with Crippen molar-refractivity contribution in [3.63, 3.8) is 0 Å². The van der Waals surface area contributed by atoms with Crippen LogP contribution in [0.25, 0.3) is 0 Å². The number of benzene rings is 1. The van der Waals surface area contributed by atoms with Crippen molar-refractivity contribution in [2.45, 2.75) is 24.8 Å². The molecular formula is C19H18N2O5S. The minimum Gasteiger partial charge on any atom is -0.489 e. The van der Waals surface area contributed by atoms with Crippen LogP contribution >= 0.6 is 0 Å². The first kappa shape index (κ1) is 18.7. The zero-order chi connectivity index (χ0) is 19.3. The molecule has 140 valence electrons. The van der Waals surface area contributed by atoms with Gasteiger partial charge in [-0.1, -0.05) is 0 Å². The highest BCUT2D eigenvalue weighted by Crippen LogP contribution is 2.26. The van der Waals surface area contributed by atoms with Crippen molar-refractivity contribution in [3.8, 4) is 23.0 Å². The summed E-state index contributed by atoms with van der Waals surface area (Å²) in [5.41, 5.74) is 0. The van der Waals surface area contributed by atoms with Gasteiger partial charge in [-0.15, -0.1) is 0 Å². The summed E-state index contributed by atoms with van der Waals surface area (Å²) in [5.74, 6) is 1.62. The Labute approximate surface area is 157 Å². The molecule has 0 aliphatic rings. The lowest BCUT2D eigenvalue weighted by molar-refractivity contribution is 0.240. The minimum absolute atomic E-state index is 0.0867. The molecule has 2 heterocycles. The molecule has 2 aromatic heterocycles. The van der Waals surface area contributed by atoms with Crippen LogP contribution in [-0.2, 0) is 10.1 Å². The van der Waals surface area contributed by atoms with Crippen LogP contribution in [-0.4, -0.2) is 24.5 Å². The van der Waals surface area contributed by atoms with Crippen LogP contribution < -0.4 is 13.7 Å². The summed E-state index contributed by atoms with van der Waals surface area (Å²) in [6.45, 7) is 3.68. The van der Waals surface area contributed by atoms with E-state index in [2.05, 4.69) is 9.97 Å². The summed E-state index contributed by atoms with van der Waals surface area (Å²) in [4.78, 5) is 7.77. The summed E-state index contributed by atoms with van der Waals surface area (Å²) in [6.07, 6.45) is 5.78. The normalized spacial score (nSPS) is 11.2. The molecule has 0 atom stereocenters. The van der Waals surface area contributed by atoms with Gasteiger partial charge in [0.15, 0.2) is 0 Å². The molecule has 0 saturated heterocycles. The summed E-state index contributed by atoms with van der Waals surface area (Å²) >= 11 is 0. The Hall–Kier alpha value is -3.13. The third kappa shape index (κ3) is 5.18. The summed E-state index contributed by atoms with van der Waals surface area (Å²) in [6, 6.07) is 11.1. The molecule has 0 spiro atoms. The van der Waals surface area contributed by atoms with Crippen LogP contribution in [0.2, 0.25) is 0 Å². The zero-order valence-corrected chi connectivity index (χ0v) is 15.6. The fourth-order valence-electron chi connectivity index (χ4n) is 2.15. The molecule has 1 aromatic carbocycles. The largest absolute Gasteiger partial charge is 0.489 e. The lowest BCUT2D eigenvalue weighted by Crippen LogP contribution is -2.11. The molecule has 27 heavy (non-hydrogen) atoms. The lowest BCUT2D eigenvalue weighted by Gasteiger charge is -2.11. The maximum Gasteiger partial charge on any atom is 0.340 e. The molecule has 0 radical (unpaired) electrons. The van der Waals surface area contributed by atoms with Crippen LogP contribution in [0.3, 0.4) is 0 Å². The summed E-state index contributed by atoms with van der Waals surface area (Å²) in [7, 11) is -4.04. The minimum atomic E-state index is -4.04. The van der Waals surface area contributed by atoms with E-state index in [9.17, 15) is 8.42 Å². The van der Waals surface area contributed by atoms with Crippen LogP contribution in [0.5, 0.6) is 23.0 Å². The number of hydrogen-bond donors (Lipinski definition) is 0. The smallest absolute Gasteiger partial charge is 0.340 e. The molecule has 0 N–H and O–H groups in total. The Kier molecular flexibility index (Phi) is 5.56. The van der Waals surface area contributed by atoms with Crippen LogP contribution in [0.15, 0.2) is 72.1 Å². The van der Waals surface area contributed by atoms with Gasteiger partial charge in [-0.2, -0.15) is 8.42 Å². The molecule has 0 aliphatic heterocycles. The quantitative estimate of drug-likeness (QED) is 0.570. The second-order valence-corrected chi connectivity index (χ2v) is 7.37. The molecule has 0 unspecified atom stereocenters. The van der Waals surface area contributed by atoms with E-state index >= 15 is 0 Å². The highest BCUT2D eigenvalue weighted by atomic mass is 32.2. The van der Waals surface area contributed by atoms with E-state index in [0.717, 1.165) is 0 Å². The van der Waals surface area contributed by atoms with Crippen LogP contribution in [0.1, 0.15) is 13.8 Å². The Morgan fingerprint density at radius 3 is 2.22 bits per heavy atom. The molecule has 0 saturated carbocycles. The fraction of sp³-hybridized carbons (Fsp3) is 0.158. The topological polar surface area (TPSA) is 87.6 Å². The predicted molar refractivity (Wildman–Crippen MR) is 98.6 cm³/mol. The van der Waals surface area contributed by atoms with Gasteiger partial charge >= 0.3 is 10.1 Å². The maximum absolute atomic E-state index is 12.5. The number of aromatic nitrogens is 2. The van der Waals surface area contributed by atoms with Gasteiger partial charge in [-0.3, -0.25) is 9.97 Å². The number of hydrogen-bond acceptors (Lipinski definition) is 7. The first-order chi connectivity index (χ1) is 12.9. The highest BCUT2D eigenvalue weighted by Gasteiger charge is 2.18. The average molecular weight is 386 g/mol. The van der Waals surface area contributed by atoms with Crippen molar-refractivity contribution in [1.29, 1.82) is 0 Å². The number of ether oxygens (including phenoxy) is 2. The first-order valence-electron chi connectivity index (χ1n) is 8.16. The van der Waals surface area contributed by atoms with Gasteiger partial charge in [0.2, 0.25) is 0 Å². The Bertz CT molecular complexity index is 990. The zero-order valence-electron chi connectivity index (χ0n) is 14.8. The molecule has 7 nitrogen and oxygen atoms in total. The van der Waals surface area contributed by atoms with Crippen molar-refractivity contribution < 1.29 is 22.1 Å². The van der Waals surface area contributed by atoms with E-state index in [1.54, 1.807) is 36.7 Å². The van der Waals surface area contributed by atoms with E-state index in [4.69, 9.17) is 13.7 Å². The fourth-order valence-corrected chi connectivity index (χ4v) is 3.06. The first-order valence-corrected chi connectivity index (χ1v) is 9.57. The van der Waals surface area contributed by atoms with Crippen LogP contribution in [0.4, 0.5) is 0 Å². The highest BCUT2D eigenvalue weighted by molar-refractivity contribution is 7.87. The van der Waals surface area contributed by atoms with Gasteiger partial charge in [-0.05, 0) is 50.2 Å². The van der Waals surface area contributed by atoms with Crippen molar-refractivity contribution in [3.05, 3.63) is 67.3 Å². The molecular weight excluding hydrogens is 368 g/mol. The molecule has 0 bridgehead atoms. The molecule has 3 aromatic rings. The van der Waals surface area contributed by atoms with Crippen molar-refractivity contribution in [1.82, 2.24) is 9.97 Å². The van der Waals surface area contributed by atoms with E-state index in [0.29, 0.717) is 17.2 Å². The monoisotopic (exact) mass is 386 g/mol. The number of pyridine rings is 2. The molecule has 8 heteroatoms. The maximum atomic E-state index is 12.5. The third-order valence-corrected chi connectivity index (χ3v) is 4.46. The molecule has 0 aliphatic carbocycles. The van der Waals surface area contributed by atoms with Crippen molar-refractivity contribution >= 4 is 10.1 Å². The standard InChI is InChI=1S/C19H18N2O5S/c1-14(2)24-18-10-19(13-21-12-18)27(22,23)26-16-7-5-15(6-8-16)25-17-4-3-9-20-11-17/h3-14H,1-2H3. The van der Waals surface area contributed by atoms with Crippen molar-refractivity contribution in [2.24, 2.45) is 0 Å². The molecule has 0 amide bonds. The summed E-state index contributed by atoms with van der Waals surface area (Å²) < 4.78 is 41.2. The van der Waals surface area contributed by atoms with Crippen LogP contribution in [0, 0.1) is 0 Å². The average Bonchev–Trinajstić information content (AvgIpc) is 2.64. The number of rotatable bonds is 7. The third-order valence-electron chi connectivity index (χ3n) is 3.25. The second kappa shape index (κ2) is 8.05. The van der Waals surface area contributed by atoms with Crippen molar-refractivity contribution in [2.75, 3.05) is 0 Å². The van der Waals surface area contributed by atoms with Gasteiger partial charge in [0.1, 0.15) is 27.9 Å². The second-order valence-electron chi connectivity index (χ2n) is 5.82. The van der Waals surface area contributed by atoms with Gasteiger partial charge in [0.05, 0.1) is 18.5 Å². The van der Waals surface area contributed by atoms with Gasteiger partial charge < -0.3 is 13.7 Å². The lowest BCUT2D eigenvalue weighted by atomic mass is 10.3. The van der Waals surface area contributed by atoms with Gasteiger partial charge in [0, 0.05) is 18.5 Å². The molecule has 3 rings (SSSR count). The van der Waals surface area contributed by atoms with Gasteiger partial charge in [0.25, 0.3) is 0 Å².